The molecule has 0 fully saturated rings. The van der Waals surface area contributed by atoms with Gasteiger partial charge in [0.1, 0.15) is 0 Å². The van der Waals surface area contributed by atoms with Crippen LogP contribution in [-0.4, -0.2) is 5.78 Å². The first-order valence-electron chi connectivity index (χ1n) is 3.70. The molecule has 0 aliphatic carbocycles. The fraction of sp³-hybridized carbons (Fsp3) is 0.300. The first-order valence-corrected chi connectivity index (χ1v) is 3.70. The second-order valence-electron chi connectivity index (χ2n) is 2.82. The van der Waals surface area contributed by atoms with Gasteiger partial charge in [0.15, 0.2) is 5.78 Å². The molecule has 0 N–H and O–H groups in total. The first kappa shape index (κ1) is 7.99. The summed E-state index contributed by atoms with van der Waals surface area (Å²) in [7, 11) is 0. The summed E-state index contributed by atoms with van der Waals surface area (Å²) in [6.45, 7) is 5.53. The van der Waals surface area contributed by atoms with E-state index in [1.54, 1.807) is 6.92 Å². The maximum absolute atomic E-state index is 11.1. The van der Waals surface area contributed by atoms with Gasteiger partial charge >= 0.3 is 0 Å². The van der Waals surface area contributed by atoms with Gasteiger partial charge in [0.25, 0.3) is 0 Å². The number of carbonyl (C=O) groups excluding carboxylic acids is 1. The van der Waals surface area contributed by atoms with Crippen LogP contribution in [0.1, 0.15) is 28.4 Å². The Hall–Kier alpha value is -1.11. The van der Waals surface area contributed by atoms with Crippen molar-refractivity contribution in [3.8, 4) is 0 Å². The number of rotatable bonds is 1. The molecule has 0 aliphatic heterocycles. The van der Waals surface area contributed by atoms with Crippen molar-refractivity contribution in [3.05, 3.63) is 34.9 Å². The van der Waals surface area contributed by atoms with Gasteiger partial charge in [0, 0.05) is 5.56 Å². The standard InChI is InChI=1S/C10H12O/c1-7-5-4-6-8(2)10(7)9(3)11/h4-6H,1-3H3. The molecule has 1 heteroatoms. The average Bonchev–Trinajstić information content (AvgIpc) is 1.85. The molecule has 0 amide bonds. The van der Waals surface area contributed by atoms with E-state index in [2.05, 4.69) is 0 Å². The lowest BCUT2D eigenvalue weighted by Gasteiger charge is -2.04. The Bertz CT molecular complexity index is 267. The predicted molar refractivity (Wildman–Crippen MR) is 45.9 cm³/mol. The molecular formula is C10H12O. The number of ketones is 1. The zero-order valence-corrected chi connectivity index (χ0v) is 7.14. The van der Waals surface area contributed by atoms with Crippen molar-refractivity contribution >= 4 is 5.78 Å². The molecule has 0 unspecified atom stereocenters. The van der Waals surface area contributed by atoms with Gasteiger partial charge in [-0.05, 0) is 31.9 Å². The molecule has 0 spiro atoms. The maximum Gasteiger partial charge on any atom is 0.160 e. The van der Waals surface area contributed by atoms with Crippen molar-refractivity contribution in [2.24, 2.45) is 0 Å². The monoisotopic (exact) mass is 148 g/mol. The molecule has 1 aromatic carbocycles. The number of hydrogen-bond donors (Lipinski definition) is 0. The Kier molecular flexibility index (Phi) is 2.08. The normalized spacial score (nSPS) is 9.73. The number of Topliss-reactive ketones (excluding diaryl/α,β-unsaturated/α-hetero) is 1. The molecule has 0 radical (unpaired) electrons. The van der Waals surface area contributed by atoms with Crippen LogP contribution >= 0.6 is 0 Å². The quantitative estimate of drug-likeness (QED) is 0.559. The topological polar surface area (TPSA) is 17.1 Å². The SMILES string of the molecule is CC(=O)c1c(C)cccc1C. The summed E-state index contributed by atoms with van der Waals surface area (Å²) in [4.78, 5) is 11.1. The molecule has 1 rings (SSSR count). The van der Waals surface area contributed by atoms with Crippen molar-refractivity contribution in [1.82, 2.24) is 0 Å². The molecule has 1 aromatic rings. The van der Waals surface area contributed by atoms with Crippen LogP contribution in [0.4, 0.5) is 0 Å². The molecule has 0 aromatic heterocycles. The fourth-order valence-electron chi connectivity index (χ4n) is 1.37. The lowest BCUT2D eigenvalue weighted by molar-refractivity contribution is 0.101. The Morgan fingerprint density at radius 2 is 1.64 bits per heavy atom. The Balaban J connectivity index is 3.32. The Morgan fingerprint density at radius 3 is 1.91 bits per heavy atom. The highest BCUT2D eigenvalue weighted by Crippen LogP contribution is 2.12. The molecule has 0 atom stereocenters. The van der Waals surface area contributed by atoms with Crippen LogP contribution in [0.5, 0.6) is 0 Å². The third-order valence-corrected chi connectivity index (χ3v) is 1.83. The van der Waals surface area contributed by atoms with Crippen molar-refractivity contribution in [2.75, 3.05) is 0 Å². The van der Waals surface area contributed by atoms with E-state index in [0.717, 1.165) is 16.7 Å². The van der Waals surface area contributed by atoms with Crippen molar-refractivity contribution in [1.29, 1.82) is 0 Å². The van der Waals surface area contributed by atoms with Gasteiger partial charge in [-0.2, -0.15) is 0 Å². The highest BCUT2D eigenvalue weighted by atomic mass is 16.1. The number of hydrogen-bond acceptors (Lipinski definition) is 1. The minimum Gasteiger partial charge on any atom is -0.294 e. The summed E-state index contributed by atoms with van der Waals surface area (Å²) in [6, 6.07) is 5.89. The smallest absolute Gasteiger partial charge is 0.160 e. The lowest BCUT2D eigenvalue weighted by atomic mass is 10.0. The summed E-state index contributed by atoms with van der Waals surface area (Å²) in [5, 5.41) is 0. The molecule has 0 heterocycles. The zero-order valence-electron chi connectivity index (χ0n) is 7.14. The molecular weight excluding hydrogens is 136 g/mol. The highest BCUT2D eigenvalue weighted by molar-refractivity contribution is 5.96. The molecule has 0 saturated heterocycles. The van der Waals surface area contributed by atoms with Crippen LogP contribution in [0.2, 0.25) is 0 Å². The Labute approximate surface area is 67.1 Å². The molecule has 58 valence electrons. The van der Waals surface area contributed by atoms with Gasteiger partial charge in [0.2, 0.25) is 0 Å². The van der Waals surface area contributed by atoms with E-state index in [1.165, 1.54) is 0 Å². The van der Waals surface area contributed by atoms with Crippen LogP contribution in [0.25, 0.3) is 0 Å². The minimum atomic E-state index is 0.153. The van der Waals surface area contributed by atoms with Gasteiger partial charge in [-0.15, -0.1) is 0 Å². The van der Waals surface area contributed by atoms with Crippen LogP contribution in [0, 0.1) is 13.8 Å². The molecule has 1 nitrogen and oxygen atoms in total. The average molecular weight is 148 g/mol. The maximum atomic E-state index is 11.1. The molecule has 11 heavy (non-hydrogen) atoms. The van der Waals surface area contributed by atoms with E-state index >= 15 is 0 Å². The Morgan fingerprint density at radius 1 is 1.18 bits per heavy atom. The van der Waals surface area contributed by atoms with Crippen LogP contribution in [-0.2, 0) is 0 Å². The number of benzene rings is 1. The van der Waals surface area contributed by atoms with Gasteiger partial charge in [-0.3, -0.25) is 4.79 Å². The molecule has 0 aliphatic rings. The van der Waals surface area contributed by atoms with E-state index < -0.39 is 0 Å². The van der Waals surface area contributed by atoms with Crippen molar-refractivity contribution < 1.29 is 4.79 Å². The first-order chi connectivity index (χ1) is 5.13. The van der Waals surface area contributed by atoms with E-state index in [9.17, 15) is 4.79 Å². The largest absolute Gasteiger partial charge is 0.294 e. The van der Waals surface area contributed by atoms with E-state index in [4.69, 9.17) is 0 Å². The predicted octanol–water partition coefficient (Wildman–Crippen LogP) is 2.51. The van der Waals surface area contributed by atoms with Crippen molar-refractivity contribution in [2.45, 2.75) is 20.8 Å². The highest BCUT2D eigenvalue weighted by Gasteiger charge is 2.05. The van der Waals surface area contributed by atoms with Crippen LogP contribution in [0.3, 0.4) is 0 Å². The second-order valence-corrected chi connectivity index (χ2v) is 2.82. The lowest BCUT2D eigenvalue weighted by Crippen LogP contribution is -1.98. The summed E-state index contributed by atoms with van der Waals surface area (Å²) >= 11 is 0. The van der Waals surface area contributed by atoms with E-state index in [0.29, 0.717) is 0 Å². The van der Waals surface area contributed by atoms with Crippen LogP contribution in [0.15, 0.2) is 18.2 Å². The summed E-state index contributed by atoms with van der Waals surface area (Å²) < 4.78 is 0. The number of aryl methyl sites for hydroxylation is 2. The third kappa shape index (κ3) is 1.48. The van der Waals surface area contributed by atoms with Gasteiger partial charge in [0.05, 0.1) is 0 Å². The summed E-state index contributed by atoms with van der Waals surface area (Å²) in [5.41, 5.74) is 3.00. The summed E-state index contributed by atoms with van der Waals surface area (Å²) in [5.74, 6) is 0.153. The van der Waals surface area contributed by atoms with E-state index in [1.807, 2.05) is 32.0 Å². The van der Waals surface area contributed by atoms with Gasteiger partial charge < -0.3 is 0 Å². The van der Waals surface area contributed by atoms with E-state index in [-0.39, 0.29) is 5.78 Å². The van der Waals surface area contributed by atoms with Crippen LogP contribution < -0.4 is 0 Å². The third-order valence-electron chi connectivity index (χ3n) is 1.83. The fourth-order valence-corrected chi connectivity index (χ4v) is 1.37. The molecule has 0 saturated carbocycles. The number of carbonyl (C=O) groups is 1. The summed E-state index contributed by atoms with van der Waals surface area (Å²) in [6.07, 6.45) is 0. The zero-order chi connectivity index (χ0) is 8.43. The van der Waals surface area contributed by atoms with Gasteiger partial charge in [-0.25, -0.2) is 0 Å². The van der Waals surface area contributed by atoms with Gasteiger partial charge in [-0.1, -0.05) is 18.2 Å². The molecule has 0 bridgehead atoms. The van der Waals surface area contributed by atoms with Crippen molar-refractivity contribution in [3.63, 3.8) is 0 Å². The second kappa shape index (κ2) is 2.87. The minimum absolute atomic E-state index is 0.153.